The summed E-state index contributed by atoms with van der Waals surface area (Å²) in [6, 6.07) is 6.85. The van der Waals surface area contributed by atoms with Gasteiger partial charge in [0.25, 0.3) is 5.91 Å². The quantitative estimate of drug-likeness (QED) is 0.368. The van der Waals surface area contributed by atoms with Gasteiger partial charge in [0.15, 0.2) is 5.84 Å². The van der Waals surface area contributed by atoms with E-state index in [9.17, 15) is 4.79 Å². The Labute approximate surface area is 107 Å². The molecule has 0 aromatic heterocycles. The minimum atomic E-state index is -0.0152. The van der Waals surface area contributed by atoms with Crippen LogP contribution in [0.25, 0.3) is 0 Å². The number of nitrogens with two attached hydrogens (primary N) is 1. The summed E-state index contributed by atoms with van der Waals surface area (Å²) < 4.78 is 0. The van der Waals surface area contributed by atoms with Gasteiger partial charge in [-0.3, -0.25) is 4.79 Å². The molecule has 0 aliphatic carbocycles. The third-order valence-electron chi connectivity index (χ3n) is 2.76. The minimum Gasteiger partial charge on any atom is -0.409 e. The van der Waals surface area contributed by atoms with Crippen LogP contribution in [0.15, 0.2) is 29.4 Å². The van der Waals surface area contributed by atoms with Crippen molar-refractivity contribution in [2.24, 2.45) is 10.9 Å². The Hall–Kier alpha value is -2.04. The summed E-state index contributed by atoms with van der Waals surface area (Å²) in [4.78, 5) is 14.0. The zero-order valence-corrected chi connectivity index (χ0v) is 10.9. The van der Waals surface area contributed by atoms with Gasteiger partial charge in [0.2, 0.25) is 0 Å². The summed E-state index contributed by atoms with van der Waals surface area (Å²) in [7, 11) is 0. The number of rotatable bonds is 4. The van der Waals surface area contributed by atoms with E-state index in [0.29, 0.717) is 17.7 Å². The molecule has 0 atom stereocenters. The van der Waals surface area contributed by atoms with Gasteiger partial charge in [-0.1, -0.05) is 17.3 Å². The van der Waals surface area contributed by atoms with E-state index in [1.165, 1.54) is 0 Å². The van der Waals surface area contributed by atoms with Gasteiger partial charge in [0.1, 0.15) is 0 Å². The third-order valence-corrected chi connectivity index (χ3v) is 2.76. The first-order valence-electron chi connectivity index (χ1n) is 5.90. The highest BCUT2D eigenvalue weighted by Crippen LogP contribution is 2.10. The molecule has 0 radical (unpaired) electrons. The second-order valence-electron chi connectivity index (χ2n) is 4.25. The van der Waals surface area contributed by atoms with Crippen LogP contribution in [0.1, 0.15) is 36.7 Å². The van der Waals surface area contributed by atoms with E-state index in [1.807, 2.05) is 20.8 Å². The van der Waals surface area contributed by atoms with E-state index in [4.69, 9.17) is 10.9 Å². The molecule has 1 amide bonds. The molecule has 0 aliphatic rings. The number of oxime groups is 1. The number of amidine groups is 1. The molecule has 1 aromatic rings. The average molecular weight is 249 g/mol. The smallest absolute Gasteiger partial charge is 0.254 e. The van der Waals surface area contributed by atoms with E-state index in [1.54, 1.807) is 29.2 Å². The minimum absolute atomic E-state index is 0.0152. The molecular formula is C13H19N3O2. The molecule has 1 rings (SSSR count). The van der Waals surface area contributed by atoms with Crippen molar-refractivity contribution in [1.29, 1.82) is 0 Å². The van der Waals surface area contributed by atoms with Gasteiger partial charge in [-0.05, 0) is 32.9 Å². The average Bonchev–Trinajstić information content (AvgIpc) is 2.38. The van der Waals surface area contributed by atoms with Crippen LogP contribution in [0.5, 0.6) is 0 Å². The summed E-state index contributed by atoms with van der Waals surface area (Å²) in [5.41, 5.74) is 6.64. The van der Waals surface area contributed by atoms with Gasteiger partial charge in [-0.25, -0.2) is 0 Å². The van der Waals surface area contributed by atoms with E-state index in [0.717, 1.165) is 0 Å². The lowest BCUT2D eigenvalue weighted by molar-refractivity contribution is 0.0717. The zero-order chi connectivity index (χ0) is 13.7. The van der Waals surface area contributed by atoms with Crippen LogP contribution in [-0.4, -0.2) is 34.4 Å². The number of carbonyl (C=O) groups is 1. The Morgan fingerprint density at radius 1 is 1.33 bits per heavy atom. The SMILES string of the molecule is CCN(C(=O)c1ccc(/C(N)=N/O)cc1)C(C)C. The number of carbonyl (C=O) groups excluding carboxylic acids is 1. The standard InChI is InChI=1S/C13H19N3O2/c1-4-16(9(2)3)13(17)11-7-5-10(6-8-11)12(14)15-18/h5-9,18H,4H2,1-3H3,(H2,14,15). The summed E-state index contributed by atoms with van der Waals surface area (Å²) in [5.74, 6) is 0.0174. The highest BCUT2D eigenvalue weighted by Gasteiger charge is 2.16. The molecule has 5 heteroatoms. The Bertz CT molecular complexity index is 438. The van der Waals surface area contributed by atoms with E-state index in [2.05, 4.69) is 5.16 Å². The van der Waals surface area contributed by atoms with Crippen LogP contribution in [0.4, 0.5) is 0 Å². The summed E-state index contributed by atoms with van der Waals surface area (Å²) in [6.45, 7) is 6.57. The number of amides is 1. The number of hydrogen-bond acceptors (Lipinski definition) is 3. The van der Waals surface area contributed by atoms with E-state index < -0.39 is 0 Å². The Kier molecular flexibility index (Phi) is 4.71. The second-order valence-corrected chi connectivity index (χ2v) is 4.25. The van der Waals surface area contributed by atoms with Gasteiger partial charge in [-0.15, -0.1) is 0 Å². The van der Waals surface area contributed by atoms with Crippen LogP contribution < -0.4 is 5.73 Å². The van der Waals surface area contributed by atoms with Crippen LogP contribution in [0.3, 0.4) is 0 Å². The number of hydrogen-bond donors (Lipinski definition) is 2. The normalized spacial score (nSPS) is 11.7. The molecule has 0 fully saturated rings. The van der Waals surface area contributed by atoms with Crippen molar-refractivity contribution in [1.82, 2.24) is 4.90 Å². The molecule has 1 aromatic carbocycles. The fourth-order valence-electron chi connectivity index (χ4n) is 1.75. The number of benzene rings is 1. The maximum Gasteiger partial charge on any atom is 0.254 e. The predicted molar refractivity (Wildman–Crippen MR) is 70.8 cm³/mol. The van der Waals surface area contributed by atoms with Crippen molar-refractivity contribution in [3.05, 3.63) is 35.4 Å². The first-order valence-corrected chi connectivity index (χ1v) is 5.90. The maximum atomic E-state index is 12.2. The molecule has 0 saturated heterocycles. The van der Waals surface area contributed by atoms with Gasteiger partial charge in [-0.2, -0.15) is 0 Å². The maximum absolute atomic E-state index is 12.2. The molecule has 0 bridgehead atoms. The predicted octanol–water partition coefficient (Wildman–Crippen LogP) is 1.65. The topological polar surface area (TPSA) is 78.9 Å². The molecule has 0 unspecified atom stereocenters. The van der Waals surface area contributed by atoms with Crippen molar-refractivity contribution < 1.29 is 10.0 Å². The van der Waals surface area contributed by atoms with Crippen molar-refractivity contribution in [3.8, 4) is 0 Å². The Morgan fingerprint density at radius 2 is 1.83 bits per heavy atom. The van der Waals surface area contributed by atoms with E-state index in [-0.39, 0.29) is 17.8 Å². The van der Waals surface area contributed by atoms with Crippen LogP contribution in [0, 0.1) is 0 Å². The zero-order valence-electron chi connectivity index (χ0n) is 10.9. The summed E-state index contributed by atoms with van der Waals surface area (Å²) in [5, 5.41) is 11.5. The first-order chi connectivity index (χ1) is 8.51. The molecule has 3 N–H and O–H groups in total. The van der Waals surface area contributed by atoms with Gasteiger partial charge in [0.05, 0.1) is 0 Å². The van der Waals surface area contributed by atoms with Crippen molar-refractivity contribution >= 4 is 11.7 Å². The van der Waals surface area contributed by atoms with Crippen LogP contribution in [-0.2, 0) is 0 Å². The van der Waals surface area contributed by atoms with Crippen molar-refractivity contribution in [2.45, 2.75) is 26.8 Å². The van der Waals surface area contributed by atoms with Crippen molar-refractivity contribution in [2.75, 3.05) is 6.54 Å². The molecule has 0 heterocycles. The second kappa shape index (κ2) is 6.05. The summed E-state index contributed by atoms with van der Waals surface area (Å²) >= 11 is 0. The van der Waals surface area contributed by atoms with E-state index >= 15 is 0 Å². The van der Waals surface area contributed by atoms with Gasteiger partial charge >= 0.3 is 0 Å². The fraction of sp³-hybridized carbons (Fsp3) is 0.385. The lowest BCUT2D eigenvalue weighted by Gasteiger charge is -2.25. The summed E-state index contributed by atoms with van der Waals surface area (Å²) in [6.07, 6.45) is 0. The highest BCUT2D eigenvalue weighted by molar-refractivity contribution is 5.99. The van der Waals surface area contributed by atoms with Gasteiger partial charge in [0, 0.05) is 23.7 Å². The lowest BCUT2D eigenvalue weighted by Crippen LogP contribution is -2.36. The van der Waals surface area contributed by atoms with Crippen LogP contribution in [0.2, 0.25) is 0 Å². The Morgan fingerprint density at radius 3 is 2.22 bits per heavy atom. The number of nitrogens with zero attached hydrogens (tertiary/aromatic N) is 2. The largest absolute Gasteiger partial charge is 0.409 e. The molecule has 0 aliphatic heterocycles. The van der Waals surface area contributed by atoms with Gasteiger partial charge < -0.3 is 15.8 Å². The third kappa shape index (κ3) is 3.00. The van der Waals surface area contributed by atoms with Crippen LogP contribution >= 0.6 is 0 Å². The Balaban J connectivity index is 2.95. The molecule has 0 saturated carbocycles. The highest BCUT2D eigenvalue weighted by atomic mass is 16.4. The lowest BCUT2D eigenvalue weighted by atomic mass is 10.1. The molecule has 0 spiro atoms. The monoisotopic (exact) mass is 249 g/mol. The molecule has 5 nitrogen and oxygen atoms in total. The molecule has 98 valence electrons. The van der Waals surface area contributed by atoms with Crippen molar-refractivity contribution in [3.63, 3.8) is 0 Å². The fourth-order valence-corrected chi connectivity index (χ4v) is 1.75. The molecule has 18 heavy (non-hydrogen) atoms. The molecular weight excluding hydrogens is 230 g/mol. The first kappa shape index (κ1) is 14.0.